The molecule has 0 spiro atoms. The number of aliphatic hydroxyl groups is 2. The van der Waals surface area contributed by atoms with E-state index in [1.54, 1.807) is 19.1 Å². The van der Waals surface area contributed by atoms with Gasteiger partial charge in [-0.1, -0.05) is 42.5 Å². The lowest BCUT2D eigenvalue weighted by Crippen LogP contribution is -2.19. The summed E-state index contributed by atoms with van der Waals surface area (Å²) < 4.78 is 0. The lowest BCUT2D eigenvalue weighted by atomic mass is 9.92. The van der Waals surface area contributed by atoms with Crippen molar-refractivity contribution >= 4 is 0 Å². The van der Waals surface area contributed by atoms with Crippen molar-refractivity contribution in [1.29, 1.82) is 0 Å². The Kier molecular flexibility index (Phi) is 3.86. The molecule has 14 heavy (non-hydrogen) atoms. The summed E-state index contributed by atoms with van der Waals surface area (Å²) in [6, 6.07) is 9.52. The number of benzene rings is 1. The molecule has 2 nitrogen and oxygen atoms in total. The standard InChI is InChI=1S/C12H16O2/c1-12(14,9-5-6-10-13)11-7-3-2-4-8-11/h2-8,13-14H,9-10H2,1H3/b6-5-/t12-/m0/s1. The van der Waals surface area contributed by atoms with Gasteiger partial charge < -0.3 is 10.2 Å². The van der Waals surface area contributed by atoms with Gasteiger partial charge >= 0.3 is 0 Å². The highest BCUT2D eigenvalue weighted by molar-refractivity contribution is 5.22. The second kappa shape index (κ2) is 4.94. The van der Waals surface area contributed by atoms with Gasteiger partial charge in [0.05, 0.1) is 12.2 Å². The quantitative estimate of drug-likeness (QED) is 0.714. The van der Waals surface area contributed by atoms with Crippen molar-refractivity contribution in [3.8, 4) is 0 Å². The molecule has 0 aromatic heterocycles. The van der Waals surface area contributed by atoms with Crippen LogP contribution in [0.4, 0.5) is 0 Å². The minimum Gasteiger partial charge on any atom is -0.392 e. The first-order chi connectivity index (χ1) is 6.67. The van der Waals surface area contributed by atoms with Crippen molar-refractivity contribution in [2.45, 2.75) is 18.9 Å². The fourth-order valence-electron chi connectivity index (χ4n) is 1.30. The first-order valence-electron chi connectivity index (χ1n) is 4.70. The molecular weight excluding hydrogens is 176 g/mol. The van der Waals surface area contributed by atoms with Gasteiger partial charge in [0.1, 0.15) is 0 Å². The van der Waals surface area contributed by atoms with Gasteiger partial charge in [0.2, 0.25) is 0 Å². The molecule has 0 saturated heterocycles. The summed E-state index contributed by atoms with van der Waals surface area (Å²) in [5, 5.41) is 18.6. The largest absolute Gasteiger partial charge is 0.392 e. The molecule has 1 rings (SSSR count). The Morgan fingerprint density at radius 2 is 1.86 bits per heavy atom. The molecule has 0 aliphatic heterocycles. The smallest absolute Gasteiger partial charge is 0.0902 e. The van der Waals surface area contributed by atoms with Gasteiger partial charge in [0, 0.05) is 0 Å². The molecule has 76 valence electrons. The summed E-state index contributed by atoms with van der Waals surface area (Å²) in [6.45, 7) is 1.79. The molecule has 0 radical (unpaired) electrons. The zero-order valence-electron chi connectivity index (χ0n) is 8.35. The average Bonchev–Trinajstić information content (AvgIpc) is 2.19. The van der Waals surface area contributed by atoms with E-state index in [1.807, 2.05) is 30.3 Å². The number of rotatable bonds is 4. The van der Waals surface area contributed by atoms with Crippen molar-refractivity contribution in [2.75, 3.05) is 6.61 Å². The fraction of sp³-hybridized carbons (Fsp3) is 0.333. The van der Waals surface area contributed by atoms with Crippen molar-refractivity contribution in [3.05, 3.63) is 48.0 Å². The van der Waals surface area contributed by atoms with Crippen LogP contribution in [0, 0.1) is 0 Å². The number of hydrogen-bond donors (Lipinski definition) is 2. The minimum absolute atomic E-state index is 0.0187. The van der Waals surface area contributed by atoms with Crippen LogP contribution in [0.2, 0.25) is 0 Å². The van der Waals surface area contributed by atoms with E-state index in [2.05, 4.69) is 0 Å². The molecule has 0 amide bonds. The van der Waals surface area contributed by atoms with Crippen LogP contribution in [0.5, 0.6) is 0 Å². The van der Waals surface area contributed by atoms with E-state index in [4.69, 9.17) is 5.11 Å². The van der Waals surface area contributed by atoms with E-state index < -0.39 is 5.60 Å². The second-order valence-electron chi connectivity index (χ2n) is 3.50. The maximum absolute atomic E-state index is 10.1. The van der Waals surface area contributed by atoms with Gasteiger partial charge in [-0.15, -0.1) is 0 Å². The zero-order chi connectivity index (χ0) is 10.4. The number of aliphatic hydroxyl groups excluding tert-OH is 1. The Morgan fingerprint density at radius 3 is 2.43 bits per heavy atom. The normalized spacial score (nSPS) is 15.6. The monoisotopic (exact) mass is 192 g/mol. The molecule has 0 fully saturated rings. The summed E-state index contributed by atoms with van der Waals surface area (Å²) in [5.41, 5.74) is 0.0371. The first-order valence-corrected chi connectivity index (χ1v) is 4.70. The predicted molar refractivity (Wildman–Crippen MR) is 56.9 cm³/mol. The fourth-order valence-corrected chi connectivity index (χ4v) is 1.30. The highest BCUT2D eigenvalue weighted by Gasteiger charge is 2.20. The molecule has 0 bridgehead atoms. The van der Waals surface area contributed by atoms with Gasteiger partial charge in [-0.25, -0.2) is 0 Å². The van der Waals surface area contributed by atoms with E-state index in [1.165, 1.54) is 0 Å². The van der Waals surface area contributed by atoms with Crippen molar-refractivity contribution < 1.29 is 10.2 Å². The van der Waals surface area contributed by atoms with Crippen LogP contribution in [-0.2, 0) is 5.60 Å². The van der Waals surface area contributed by atoms with E-state index in [0.717, 1.165) is 5.56 Å². The van der Waals surface area contributed by atoms with E-state index in [-0.39, 0.29) is 6.61 Å². The van der Waals surface area contributed by atoms with Crippen LogP contribution in [0.25, 0.3) is 0 Å². The van der Waals surface area contributed by atoms with Crippen molar-refractivity contribution in [1.82, 2.24) is 0 Å². The van der Waals surface area contributed by atoms with Crippen molar-refractivity contribution in [2.24, 2.45) is 0 Å². The molecule has 0 saturated carbocycles. The molecule has 0 aliphatic rings. The topological polar surface area (TPSA) is 40.5 Å². The summed E-state index contributed by atoms with van der Waals surface area (Å²) in [4.78, 5) is 0. The van der Waals surface area contributed by atoms with Gasteiger partial charge in [0.25, 0.3) is 0 Å². The molecule has 0 heterocycles. The van der Waals surface area contributed by atoms with Gasteiger partial charge in [0.15, 0.2) is 0 Å². The van der Waals surface area contributed by atoms with Crippen LogP contribution in [0.15, 0.2) is 42.5 Å². The molecular formula is C12H16O2. The Balaban J connectivity index is 2.70. The van der Waals surface area contributed by atoms with Crippen LogP contribution < -0.4 is 0 Å². The van der Waals surface area contributed by atoms with Crippen molar-refractivity contribution in [3.63, 3.8) is 0 Å². The predicted octanol–water partition coefficient (Wildman–Crippen LogP) is 1.83. The van der Waals surface area contributed by atoms with Crippen LogP contribution in [0.3, 0.4) is 0 Å². The van der Waals surface area contributed by atoms with Gasteiger partial charge in [-0.2, -0.15) is 0 Å². The number of hydrogen-bond acceptors (Lipinski definition) is 2. The minimum atomic E-state index is -0.854. The zero-order valence-corrected chi connectivity index (χ0v) is 8.35. The second-order valence-corrected chi connectivity index (χ2v) is 3.50. The third kappa shape index (κ3) is 2.98. The lowest BCUT2D eigenvalue weighted by Gasteiger charge is -2.21. The maximum Gasteiger partial charge on any atom is 0.0902 e. The van der Waals surface area contributed by atoms with Crippen LogP contribution in [0.1, 0.15) is 18.9 Å². The Morgan fingerprint density at radius 1 is 1.21 bits per heavy atom. The Bertz CT molecular complexity index is 288. The molecule has 0 aliphatic carbocycles. The lowest BCUT2D eigenvalue weighted by molar-refractivity contribution is 0.0604. The molecule has 1 aromatic rings. The molecule has 2 heteroatoms. The molecule has 1 atom stereocenters. The Hall–Kier alpha value is -1.12. The summed E-state index contributed by atoms with van der Waals surface area (Å²) in [5.74, 6) is 0. The highest BCUT2D eigenvalue weighted by atomic mass is 16.3. The van der Waals surface area contributed by atoms with Crippen LogP contribution >= 0.6 is 0 Å². The third-order valence-corrected chi connectivity index (χ3v) is 2.18. The summed E-state index contributed by atoms with van der Waals surface area (Å²) in [7, 11) is 0. The highest BCUT2D eigenvalue weighted by Crippen LogP contribution is 2.24. The average molecular weight is 192 g/mol. The third-order valence-electron chi connectivity index (χ3n) is 2.18. The van der Waals surface area contributed by atoms with Gasteiger partial charge in [-0.3, -0.25) is 0 Å². The summed E-state index contributed by atoms with van der Waals surface area (Å²) >= 11 is 0. The van der Waals surface area contributed by atoms with E-state index in [0.29, 0.717) is 6.42 Å². The molecule has 0 unspecified atom stereocenters. The SMILES string of the molecule is C[C@](O)(C/C=C\CO)c1ccccc1. The molecule has 1 aromatic carbocycles. The van der Waals surface area contributed by atoms with Gasteiger partial charge in [-0.05, 0) is 18.9 Å². The maximum atomic E-state index is 10.1. The summed E-state index contributed by atoms with van der Waals surface area (Å²) in [6.07, 6.45) is 3.93. The van der Waals surface area contributed by atoms with Crippen LogP contribution in [-0.4, -0.2) is 16.8 Å². The Labute approximate surface area is 84.5 Å². The molecule has 2 N–H and O–H groups in total. The first kappa shape index (κ1) is 11.0. The van der Waals surface area contributed by atoms with E-state index in [9.17, 15) is 5.11 Å². The van der Waals surface area contributed by atoms with E-state index >= 15 is 0 Å².